The SMILES string of the molecule is COc1ccccc1C(=O)N1CCC2(CC1)OCCCO2. The summed E-state index contributed by atoms with van der Waals surface area (Å²) < 4.78 is 16.9. The molecule has 0 saturated carbocycles. The molecule has 0 N–H and O–H groups in total. The summed E-state index contributed by atoms with van der Waals surface area (Å²) in [7, 11) is 1.58. The molecule has 2 aliphatic heterocycles. The third-order valence-electron chi connectivity index (χ3n) is 4.17. The Morgan fingerprint density at radius 3 is 2.52 bits per heavy atom. The Hall–Kier alpha value is -1.59. The van der Waals surface area contributed by atoms with Crippen molar-refractivity contribution in [2.75, 3.05) is 33.4 Å². The molecule has 1 aromatic carbocycles. The average Bonchev–Trinajstić information content (AvgIpc) is 2.56. The number of para-hydroxylation sites is 1. The number of carbonyl (C=O) groups is 1. The molecular formula is C16H21NO4. The number of carbonyl (C=O) groups excluding carboxylic acids is 1. The van der Waals surface area contributed by atoms with Crippen molar-refractivity contribution in [2.45, 2.75) is 25.0 Å². The van der Waals surface area contributed by atoms with Gasteiger partial charge in [-0.3, -0.25) is 4.79 Å². The molecule has 0 aromatic heterocycles. The van der Waals surface area contributed by atoms with Gasteiger partial charge in [-0.25, -0.2) is 0 Å². The Kier molecular flexibility index (Phi) is 4.12. The number of methoxy groups -OCH3 is 1. The van der Waals surface area contributed by atoms with Crippen LogP contribution in [0.1, 0.15) is 29.6 Å². The summed E-state index contributed by atoms with van der Waals surface area (Å²) in [6.07, 6.45) is 2.41. The van der Waals surface area contributed by atoms with Gasteiger partial charge in [0.1, 0.15) is 5.75 Å². The second kappa shape index (κ2) is 6.03. The highest BCUT2D eigenvalue weighted by Crippen LogP contribution is 2.32. The summed E-state index contributed by atoms with van der Waals surface area (Å²) in [5.41, 5.74) is 0.612. The van der Waals surface area contributed by atoms with Crippen molar-refractivity contribution in [3.8, 4) is 5.75 Å². The molecule has 2 fully saturated rings. The van der Waals surface area contributed by atoms with Gasteiger partial charge in [0.25, 0.3) is 5.91 Å². The molecule has 2 heterocycles. The molecule has 2 saturated heterocycles. The Morgan fingerprint density at radius 1 is 1.19 bits per heavy atom. The van der Waals surface area contributed by atoms with E-state index in [0.29, 0.717) is 24.4 Å². The maximum Gasteiger partial charge on any atom is 0.257 e. The second-order valence-electron chi connectivity index (χ2n) is 5.45. The fourth-order valence-corrected chi connectivity index (χ4v) is 2.95. The average molecular weight is 291 g/mol. The van der Waals surface area contributed by atoms with Crippen LogP contribution >= 0.6 is 0 Å². The number of rotatable bonds is 2. The van der Waals surface area contributed by atoms with Crippen molar-refractivity contribution in [3.63, 3.8) is 0 Å². The van der Waals surface area contributed by atoms with Gasteiger partial charge in [-0.05, 0) is 18.6 Å². The van der Waals surface area contributed by atoms with E-state index in [4.69, 9.17) is 14.2 Å². The van der Waals surface area contributed by atoms with E-state index in [1.165, 1.54) is 0 Å². The quantitative estimate of drug-likeness (QED) is 0.837. The first kappa shape index (κ1) is 14.4. The summed E-state index contributed by atoms with van der Waals surface area (Å²) in [4.78, 5) is 14.5. The van der Waals surface area contributed by atoms with Crippen molar-refractivity contribution in [2.24, 2.45) is 0 Å². The normalized spacial score (nSPS) is 21.3. The van der Waals surface area contributed by atoms with Gasteiger partial charge in [-0.15, -0.1) is 0 Å². The number of hydrogen-bond donors (Lipinski definition) is 0. The number of amides is 1. The molecule has 0 bridgehead atoms. The monoisotopic (exact) mass is 291 g/mol. The lowest BCUT2D eigenvalue weighted by molar-refractivity contribution is -0.281. The predicted molar refractivity (Wildman–Crippen MR) is 77.4 cm³/mol. The zero-order valence-corrected chi connectivity index (χ0v) is 12.3. The topological polar surface area (TPSA) is 48.0 Å². The Morgan fingerprint density at radius 2 is 1.86 bits per heavy atom. The van der Waals surface area contributed by atoms with Crippen LogP contribution in [0.25, 0.3) is 0 Å². The van der Waals surface area contributed by atoms with Crippen LogP contribution in [0.2, 0.25) is 0 Å². The van der Waals surface area contributed by atoms with Gasteiger partial charge in [0.15, 0.2) is 5.79 Å². The third kappa shape index (κ3) is 2.89. The van der Waals surface area contributed by atoms with Gasteiger partial charge in [-0.2, -0.15) is 0 Å². The van der Waals surface area contributed by atoms with Crippen LogP contribution < -0.4 is 4.74 Å². The summed E-state index contributed by atoms with van der Waals surface area (Å²) in [5, 5.41) is 0. The molecule has 21 heavy (non-hydrogen) atoms. The molecule has 5 heteroatoms. The number of nitrogens with zero attached hydrogens (tertiary/aromatic N) is 1. The molecule has 0 atom stereocenters. The lowest BCUT2D eigenvalue weighted by atomic mass is 10.0. The fourth-order valence-electron chi connectivity index (χ4n) is 2.95. The van der Waals surface area contributed by atoms with Crippen LogP contribution in [0.5, 0.6) is 5.75 Å². The highest BCUT2D eigenvalue weighted by molar-refractivity contribution is 5.97. The van der Waals surface area contributed by atoms with Gasteiger partial charge < -0.3 is 19.1 Å². The number of ether oxygens (including phenoxy) is 3. The maximum atomic E-state index is 12.6. The molecular weight excluding hydrogens is 270 g/mol. The minimum atomic E-state index is -0.462. The van der Waals surface area contributed by atoms with Crippen LogP contribution in [0.3, 0.4) is 0 Å². The molecule has 3 rings (SSSR count). The van der Waals surface area contributed by atoms with Crippen LogP contribution in [-0.2, 0) is 9.47 Å². The second-order valence-corrected chi connectivity index (χ2v) is 5.45. The first-order valence-corrected chi connectivity index (χ1v) is 7.44. The summed E-state index contributed by atoms with van der Waals surface area (Å²) in [6, 6.07) is 7.34. The lowest BCUT2D eigenvalue weighted by Crippen LogP contribution is -2.51. The van der Waals surface area contributed by atoms with E-state index in [1.807, 2.05) is 23.1 Å². The van der Waals surface area contributed by atoms with E-state index in [1.54, 1.807) is 13.2 Å². The van der Waals surface area contributed by atoms with Gasteiger partial charge in [0.05, 0.1) is 25.9 Å². The molecule has 114 valence electrons. The smallest absolute Gasteiger partial charge is 0.257 e. The molecule has 5 nitrogen and oxygen atoms in total. The zero-order chi connectivity index (χ0) is 14.7. The lowest BCUT2D eigenvalue weighted by Gasteiger charge is -2.43. The van der Waals surface area contributed by atoms with E-state index in [0.717, 1.165) is 32.5 Å². The molecule has 1 spiro atoms. The number of benzene rings is 1. The van der Waals surface area contributed by atoms with Crippen LogP contribution in [0.4, 0.5) is 0 Å². The van der Waals surface area contributed by atoms with Crippen molar-refractivity contribution >= 4 is 5.91 Å². The molecule has 1 amide bonds. The Bertz CT molecular complexity index is 501. The van der Waals surface area contributed by atoms with E-state index in [-0.39, 0.29) is 5.91 Å². The van der Waals surface area contributed by atoms with Crippen molar-refractivity contribution in [1.82, 2.24) is 4.90 Å². The first-order valence-electron chi connectivity index (χ1n) is 7.44. The van der Waals surface area contributed by atoms with E-state index >= 15 is 0 Å². The van der Waals surface area contributed by atoms with Crippen LogP contribution in [0.15, 0.2) is 24.3 Å². The summed E-state index contributed by atoms with van der Waals surface area (Å²) in [6.45, 7) is 2.80. The van der Waals surface area contributed by atoms with Gasteiger partial charge >= 0.3 is 0 Å². The number of likely N-dealkylation sites (tertiary alicyclic amines) is 1. The molecule has 1 aromatic rings. The highest BCUT2D eigenvalue weighted by Gasteiger charge is 2.39. The Balaban J connectivity index is 1.67. The first-order chi connectivity index (χ1) is 10.2. The van der Waals surface area contributed by atoms with Gasteiger partial charge in [-0.1, -0.05) is 12.1 Å². The minimum Gasteiger partial charge on any atom is -0.496 e. The van der Waals surface area contributed by atoms with Crippen molar-refractivity contribution < 1.29 is 19.0 Å². The maximum absolute atomic E-state index is 12.6. The standard InChI is InChI=1S/C16H21NO4/c1-19-14-6-3-2-5-13(14)15(18)17-9-7-16(8-10-17)20-11-4-12-21-16/h2-3,5-6H,4,7-12H2,1H3. The molecule has 2 aliphatic rings. The highest BCUT2D eigenvalue weighted by atomic mass is 16.7. The van der Waals surface area contributed by atoms with E-state index < -0.39 is 5.79 Å². The predicted octanol–water partition coefficient (Wildman–Crippen LogP) is 2.06. The fraction of sp³-hybridized carbons (Fsp3) is 0.562. The number of hydrogen-bond acceptors (Lipinski definition) is 4. The van der Waals surface area contributed by atoms with Gasteiger partial charge in [0.2, 0.25) is 0 Å². The van der Waals surface area contributed by atoms with E-state index in [2.05, 4.69) is 0 Å². The largest absolute Gasteiger partial charge is 0.496 e. The third-order valence-corrected chi connectivity index (χ3v) is 4.17. The van der Waals surface area contributed by atoms with Gasteiger partial charge in [0, 0.05) is 25.9 Å². The number of piperidine rings is 1. The van der Waals surface area contributed by atoms with Crippen molar-refractivity contribution in [1.29, 1.82) is 0 Å². The Labute approximate surface area is 124 Å². The van der Waals surface area contributed by atoms with E-state index in [9.17, 15) is 4.79 Å². The molecule has 0 unspecified atom stereocenters. The van der Waals surface area contributed by atoms with Crippen LogP contribution in [-0.4, -0.2) is 50.0 Å². The zero-order valence-electron chi connectivity index (χ0n) is 12.3. The summed E-state index contributed by atoms with van der Waals surface area (Å²) >= 11 is 0. The molecule has 0 radical (unpaired) electrons. The molecule has 0 aliphatic carbocycles. The van der Waals surface area contributed by atoms with Crippen LogP contribution in [0, 0.1) is 0 Å². The minimum absolute atomic E-state index is 0.0121. The van der Waals surface area contributed by atoms with Crippen molar-refractivity contribution in [3.05, 3.63) is 29.8 Å². The summed E-state index contributed by atoms with van der Waals surface area (Å²) in [5.74, 6) is 0.168.